The first-order valence-electron chi connectivity index (χ1n) is 12.3. The highest BCUT2D eigenvalue weighted by molar-refractivity contribution is 7.99. The number of esters is 2. The van der Waals surface area contributed by atoms with E-state index in [2.05, 4.69) is 36.9 Å². The first kappa shape index (κ1) is 29.1. The Morgan fingerprint density at radius 1 is 0.647 bits per heavy atom. The number of carbonyl (C=O) groups excluding carboxylic acids is 2. The lowest BCUT2D eigenvalue weighted by Crippen LogP contribution is -2.35. The molecule has 0 unspecified atom stereocenters. The van der Waals surface area contributed by atoms with Crippen LogP contribution < -0.4 is 0 Å². The molecule has 34 heavy (non-hydrogen) atoms. The van der Waals surface area contributed by atoms with E-state index in [-0.39, 0.29) is 46.4 Å². The molecule has 0 heterocycles. The van der Waals surface area contributed by atoms with Crippen molar-refractivity contribution >= 4 is 35.8 Å². The van der Waals surface area contributed by atoms with Gasteiger partial charge in [0.2, 0.25) is 0 Å². The molecule has 8 nitrogen and oxygen atoms in total. The van der Waals surface area contributed by atoms with Crippen molar-refractivity contribution in [3.05, 3.63) is 9.81 Å². The summed E-state index contributed by atoms with van der Waals surface area (Å²) >= 11 is 2.14. The second-order valence-corrected chi connectivity index (χ2v) is 13.9. The van der Waals surface area contributed by atoms with Crippen molar-refractivity contribution in [2.75, 3.05) is 13.2 Å². The molecule has 2 aliphatic rings. The van der Waals surface area contributed by atoms with Crippen molar-refractivity contribution in [1.82, 2.24) is 0 Å². The molecule has 0 saturated heterocycles. The maximum atomic E-state index is 12.1. The summed E-state index contributed by atoms with van der Waals surface area (Å²) in [6.45, 7) is 9.33. The number of ether oxygens (including phenoxy) is 2. The quantitative estimate of drug-likeness (QED) is 0.144. The molecular weight excluding hydrogens is 476 g/mol. The summed E-state index contributed by atoms with van der Waals surface area (Å²) in [5.41, 5.74) is 0.527. The standard InChI is InChI=1S/C24H40N2O6S2/c1-21(2)7-11-23(12-8-21,33-25-29)15-17-31-19(27)5-6-20(28)32-18-16-24(34-26-30)13-9-22(3,4)10-14-24/h5-18H2,1-4H3. The third-order valence-electron chi connectivity index (χ3n) is 7.67. The van der Waals surface area contributed by atoms with Crippen molar-refractivity contribution in [2.45, 2.75) is 114 Å². The fourth-order valence-corrected chi connectivity index (χ4v) is 6.19. The van der Waals surface area contributed by atoms with E-state index < -0.39 is 11.9 Å². The van der Waals surface area contributed by atoms with Crippen molar-refractivity contribution in [2.24, 2.45) is 20.0 Å². The minimum atomic E-state index is -0.445. The maximum Gasteiger partial charge on any atom is 0.306 e. The van der Waals surface area contributed by atoms with Gasteiger partial charge in [0.25, 0.3) is 0 Å². The summed E-state index contributed by atoms with van der Waals surface area (Å²) in [5.74, 6) is -0.891. The third kappa shape index (κ3) is 9.47. The molecule has 2 fully saturated rings. The average molecular weight is 517 g/mol. The minimum absolute atomic E-state index is 0.0398. The van der Waals surface area contributed by atoms with Gasteiger partial charge in [0.15, 0.2) is 0 Å². The Kier molecular flexibility index (Phi) is 10.9. The molecule has 0 aliphatic heterocycles. The van der Waals surface area contributed by atoms with E-state index in [9.17, 15) is 19.4 Å². The van der Waals surface area contributed by atoms with Crippen LogP contribution in [-0.2, 0) is 19.1 Å². The molecule has 2 saturated carbocycles. The van der Waals surface area contributed by atoms with Crippen molar-refractivity contribution in [3.8, 4) is 0 Å². The number of carbonyl (C=O) groups is 2. The second kappa shape index (κ2) is 12.7. The summed E-state index contributed by atoms with van der Waals surface area (Å²) in [6.07, 6.45) is 8.61. The van der Waals surface area contributed by atoms with Crippen molar-refractivity contribution in [3.63, 3.8) is 0 Å². The van der Waals surface area contributed by atoms with Gasteiger partial charge in [-0.15, -0.1) is 9.81 Å². The molecule has 0 aromatic heterocycles. The zero-order valence-electron chi connectivity index (χ0n) is 21.1. The molecule has 2 aliphatic carbocycles. The molecule has 0 bridgehead atoms. The first-order chi connectivity index (χ1) is 15.9. The largest absolute Gasteiger partial charge is 0.466 e. The van der Waals surface area contributed by atoms with E-state index in [1.54, 1.807) is 0 Å². The summed E-state index contributed by atoms with van der Waals surface area (Å²) in [6, 6.07) is 0. The zero-order valence-corrected chi connectivity index (χ0v) is 22.7. The van der Waals surface area contributed by atoms with Crippen LogP contribution in [0.5, 0.6) is 0 Å². The van der Waals surface area contributed by atoms with E-state index in [0.29, 0.717) is 12.8 Å². The van der Waals surface area contributed by atoms with E-state index >= 15 is 0 Å². The van der Waals surface area contributed by atoms with E-state index in [0.717, 1.165) is 75.3 Å². The Balaban J connectivity index is 1.66. The second-order valence-electron chi connectivity index (χ2n) is 11.5. The van der Waals surface area contributed by atoms with Gasteiger partial charge in [-0.05, 0) is 75.0 Å². The molecule has 0 radical (unpaired) electrons. The van der Waals surface area contributed by atoms with Gasteiger partial charge in [-0.3, -0.25) is 9.59 Å². The number of rotatable bonds is 13. The van der Waals surface area contributed by atoms with E-state index in [1.165, 1.54) is 0 Å². The smallest absolute Gasteiger partial charge is 0.306 e. The average Bonchev–Trinajstić information content (AvgIpc) is 2.77. The normalized spacial score (nSPS) is 22.4. The summed E-state index contributed by atoms with van der Waals surface area (Å²) < 4.78 is 16.3. The monoisotopic (exact) mass is 516 g/mol. The highest BCUT2D eigenvalue weighted by atomic mass is 32.2. The fraction of sp³-hybridized carbons (Fsp3) is 0.917. The third-order valence-corrected chi connectivity index (χ3v) is 9.81. The summed E-state index contributed by atoms with van der Waals surface area (Å²) in [5, 5.41) is 0. The Hall–Kier alpha value is -1.16. The van der Waals surface area contributed by atoms with Crippen molar-refractivity contribution < 1.29 is 19.1 Å². The minimum Gasteiger partial charge on any atom is -0.466 e. The molecule has 0 aromatic rings. The Morgan fingerprint density at radius 3 is 1.26 bits per heavy atom. The molecule has 2 rings (SSSR count). The number of nitrogens with zero attached hydrogens (tertiary/aromatic N) is 2. The van der Waals surface area contributed by atoms with Crippen LogP contribution in [0.1, 0.15) is 105 Å². The first-order valence-corrected chi connectivity index (χ1v) is 13.8. The lowest BCUT2D eigenvalue weighted by molar-refractivity contribution is -0.150. The molecule has 194 valence electrons. The van der Waals surface area contributed by atoms with Gasteiger partial charge >= 0.3 is 11.9 Å². The SMILES string of the molecule is CC1(C)CCC(CCOC(=O)CCC(=O)OCCC2(SN=O)CCC(C)(C)CC2)(SN=O)CC1. The van der Waals surface area contributed by atoms with E-state index in [4.69, 9.17) is 9.47 Å². The molecule has 0 aromatic carbocycles. The Morgan fingerprint density at radius 2 is 0.971 bits per heavy atom. The zero-order chi connectivity index (χ0) is 25.3. The molecule has 0 N–H and O–H groups in total. The van der Waals surface area contributed by atoms with Crippen molar-refractivity contribution in [1.29, 1.82) is 0 Å². The van der Waals surface area contributed by atoms with Gasteiger partial charge in [-0.1, -0.05) is 27.7 Å². The van der Waals surface area contributed by atoms with Gasteiger partial charge in [-0.25, -0.2) is 0 Å². The molecular formula is C24H40N2O6S2. The van der Waals surface area contributed by atoms with Crippen LogP contribution >= 0.6 is 23.9 Å². The van der Waals surface area contributed by atoms with Crippen LogP contribution in [0.2, 0.25) is 0 Å². The highest BCUT2D eigenvalue weighted by Crippen LogP contribution is 2.50. The van der Waals surface area contributed by atoms with Crippen LogP contribution in [0.4, 0.5) is 0 Å². The molecule has 10 heteroatoms. The number of nitroso groups, excluding NO2 is 2. The highest BCUT2D eigenvalue weighted by Gasteiger charge is 2.41. The van der Waals surface area contributed by atoms with Crippen LogP contribution in [0.3, 0.4) is 0 Å². The predicted molar refractivity (Wildman–Crippen MR) is 137 cm³/mol. The predicted octanol–water partition coefficient (Wildman–Crippen LogP) is 7.14. The molecule has 0 atom stereocenters. The van der Waals surface area contributed by atoms with Crippen LogP contribution in [-0.4, -0.2) is 34.6 Å². The maximum absolute atomic E-state index is 12.1. The van der Waals surface area contributed by atoms with Gasteiger partial charge in [0.05, 0.1) is 26.1 Å². The Bertz CT molecular complexity index is 648. The van der Waals surface area contributed by atoms with Gasteiger partial charge in [0.1, 0.15) is 0 Å². The van der Waals surface area contributed by atoms with E-state index in [1.807, 2.05) is 0 Å². The lowest BCUT2D eigenvalue weighted by atomic mass is 9.72. The van der Waals surface area contributed by atoms with Gasteiger partial charge in [-0.2, -0.15) is 0 Å². The Labute approximate surface area is 212 Å². The summed E-state index contributed by atoms with van der Waals surface area (Å²) in [4.78, 5) is 46.0. The number of hydrogen-bond donors (Lipinski definition) is 0. The fourth-order valence-electron chi connectivity index (χ4n) is 4.75. The topological polar surface area (TPSA) is 111 Å². The number of hydrogen-bond acceptors (Lipinski definition) is 10. The van der Waals surface area contributed by atoms with Crippen LogP contribution in [0, 0.1) is 20.6 Å². The lowest BCUT2D eigenvalue weighted by Gasteiger charge is -2.41. The molecule has 0 spiro atoms. The van der Waals surface area contributed by atoms with Gasteiger partial charge < -0.3 is 9.47 Å². The van der Waals surface area contributed by atoms with Crippen LogP contribution in [0.15, 0.2) is 9.16 Å². The van der Waals surface area contributed by atoms with Crippen LogP contribution in [0.25, 0.3) is 0 Å². The summed E-state index contributed by atoms with van der Waals surface area (Å²) in [7, 11) is 0. The molecule has 0 amide bonds. The van der Waals surface area contributed by atoms with Gasteiger partial charge in [0, 0.05) is 42.6 Å².